The van der Waals surface area contributed by atoms with Gasteiger partial charge in [0, 0.05) is 36.9 Å². The van der Waals surface area contributed by atoms with Gasteiger partial charge in [0.2, 0.25) is 5.91 Å². The van der Waals surface area contributed by atoms with E-state index in [0.717, 1.165) is 0 Å². The van der Waals surface area contributed by atoms with Crippen LogP contribution in [0, 0.1) is 5.41 Å². The molecule has 0 bridgehead atoms. The van der Waals surface area contributed by atoms with E-state index in [1.807, 2.05) is 20.8 Å². The molecule has 0 aliphatic carbocycles. The number of aliphatic carboxylic acids is 1. The topological polar surface area (TPSA) is 96.4 Å². The zero-order chi connectivity index (χ0) is 21.4. The number of benzene rings is 1. The maximum Gasteiger partial charge on any atom is 0.328 e. The molecule has 1 atom stereocenters. The molecule has 8 heteroatoms. The van der Waals surface area contributed by atoms with Crippen LogP contribution in [0.25, 0.3) is 0 Å². The molecule has 0 radical (unpaired) electrons. The first-order chi connectivity index (χ1) is 13.6. The van der Waals surface area contributed by atoms with Crippen LogP contribution in [0.3, 0.4) is 0 Å². The molecular formula is C21H28N2O6. The fourth-order valence-corrected chi connectivity index (χ4v) is 3.98. The fourth-order valence-electron chi connectivity index (χ4n) is 3.98. The number of ether oxygens (including phenoxy) is 2. The summed E-state index contributed by atoms with van der Waals surface area (Å²) in [5.41, 5.74) is -1.19. The third-order valence-corrected chi connectivity index (χ3v) is 5.55. The van der Waals surface area contributed by atoms with Crippen molar-refractivity contribution < 1.29 is 29.0 Å². The molecular weight excluding hydrogens is 376 g/mol. The van der Waals surface area contributed by atoms with Crippen LogP contribution in [0.5, 0.6) is 5.75 Å². The van der Waals surface area contributed by atoms with Gasteiger partial charge in [-0.25, -0.2) is 4.79 Å². The Morgan fingerprint density at radius 1 is 1.21 bits per heavy atom. The van der Waals surface area contributed by atoms with E-state index < -0.39 is 29.1 Å². The lowest BCUT2D eigenvalue weighted by atomic mass is 9.91. The Hall–Kier alpha value is -2.61. The first-order valence-electron chi connectivity index (χ1n) is 9.73. The second-order valence-corrected chi connectivity index (χ2v) is 8.56. The van der Waals surface area contributed by atoms with Gasteiger partial charge in [-0.2, -0.15) is 0 Å². The molecule has 2 fully saturated rings. The van der Waals surface area contributed by atoms with Gasteiger partial charge in [0.15, 0.2) is 6.04 Å². The number of hydrogen-bond acceptors (Lipinski definition) is 5. The standard InChI is InChI=1S/C21H28N2O6/c1-20(2,3)19(27)22-10-8-21(9-11-22)23(16(13-29-21)18(25)26)17(24)14-6-5-7-15(12-14)28-4/h5-7,12,16H,8-11,13H2,1-4H3,(H,25,26)/t16-/m1/s1. The predicted octanol–water partition coefficient (Wildman–Crippen LogP) is 1.99. The summed E-state index contributed by atoms with van der Waals surface area (Å²) >= 11 is 0. The number of carboxylic acid groups (broad SMARTS) is 1. The van der Waals surface area contributed by atoms with Crippen LogP contribution in [-0.4, -0.2) is 71.3 Å². The van der Waals surface area contributed by atoms with Crippen LogP contribution in [0.2, 0.25) is 0 Å². The van der Waals surface area contributed by atoms with Crippen molar-refractivity contribution in [1.29, 1.82) is 0 Å². The van der Waals surface area contributed by atoms with E-state index in [9.17, 15) is 19.5 Å². The van der Waals surface area contributed by atoms with Gasteiger partial charge in [-0.3, -0.25) is 14.5 Å². The summed E-state index contributed by atoms with van der Waals surface area (Å²) in [5.74, 6) is -0.969. The van der Waals surface area contributed by atoms with Crippen molar-refractivity contribution in [1.82, 2.24) is 9.80 Å². The minimum atomic E-state index is -1.11. The molecule has 0 saturated carbocycles. The van der Waals surface area contributed by atoms with E-state index in [-0.39, 0.29) is 12.5 Å². The van der Waals surface area contributed by atoms with Gasteiger partial charge < -0.3 is 19.5 Å². The summed E-state index contributed by atoms with van der Waals surface area (Å²) in [6.07, 6.45) is 0.739. The largest absolute Gasteiger partial charge is 0.497 e. The quantitative estimate of drug-likeness (QED) is 0.828. The Balaban J connectivity index is 1.87. The number of hydrogen-bond donors (Lipinski definition) is 1. The Morgan fingerprint density at radius 2 is 1.86 bits per heavy atom. The molecule has 0 unspecified atom stereocenters. The number of amides is 2. The van der Waals surface area contributed by atoms with E-state index in [1.54, 1.807) is 29.2 Å². The van der Waals surface area contributed by atoms with Crippen molar-refractivity contribution >= 4 is 17.8 Å². The van der Waals surface area contributed by atoms with E-state index in [1.165, 1.54) is 12.0 Å². The van der Waals surface area contributed by atoms with E-state index >= 15 is 0 Å². The average Bonchev–Trinajstić information content (AvgIpc) is 3.05. The molecule has 3 rings (SSSR count). The second-order valence-electron chi connectivity index (χ2n) is 8.56. The van der Waals surface area contributed by atoms with Crippen molar-refractivity contribution in [2.24, 2.45) is 5.41 Å². The molecule has 2 aliphatic rings. The third kappa shape index (κ3) is 3.94. The van der Waals surface area contributed by atoms with E-state index in [2.05, 4.69) is 0 Å². The van der Waals surface area contributed by atoms with Crippen LogP contribution in [0.15, 0.2) is 24.3 Å². The second kappa shape index (κ2) is 7.67. The molecule has 1 aromatic carbocycles. The number of rotatable bonds is 3. The molecule has 0 aromatic heterocycles. The van der Waals surface area contributed by atoms with Gasteiger partial charge >= 0.3 is 5.97 Å². The monoisotopic (exact) mass is 404 g/mol. The molecule has 8 nitrogen and oxygen atoms in total. The summed E-state index contributed by atoms with van der Waals surface area (Å²) in [6.45, 7) is 6.34. The fraction of sp³-hybridized carbons (Fsp3) is 0.571. The van der Waals surface area contributed by atoms with Crippen LogP contribution >= 0.6 is 0 Å². The van der Waals surface area contributed by atoms with Crippen LogP contribution < -0.4 is 4.74 Å². The van der Waals surface area contributed by atoms with Gasteiger partial charge in [0.25, 0.3) is 5.91 Å². The Kier molecular flexibility index (Phi) is 5.58. The molecule has 29 heavy (non-hydrogen) atoms. The predicted molar refractivity (Wildman–Crippen MR) is 105 cm³/mol. The SMILES string of the molecule is COc1cccc(C(=O)N2[C@@H](C(=O)O)COC23CCN(C(=O)C(C)(C)C)CC3)c1. The molecule has 158 valence electrons. The number of carbonyl (C=O) groups is 3. The highest BCUT2D eigenvalue weighted by Gasteiger charge is 2.54. The Morgan fingerprint density at radius 3 is 2.41 bits per heavy atom. The van der Waals surface area contributed by atoms with Crippen LogP contribution in [0.4, 0.5) is 0 Å². The first kappa shape index (κ1) is 21.1. The van der Waals surface area contributed by atoms with Crippen LogP contribution in [-0.2, 0) is 14.3 Å². The van der Waals surface area contributed by atoms with Gasteiger partial charge in [-0.1, -0.05) is 26.8 Å². The maximum absolute atomic E-state index is 13.3. The number of likely N-dealkylation sites (tertiary alicyclic amines) is 1. The lowest BCUT2D eigenvalue weighted by Crippen LogP contribution is -2.59. The van der Waals surface area contributed by atoms with E-state index in [4.69, 9.17) is 9.47 Å². The molecule has 1 spiro atoms. The number of nitrogens with zero attached hydrogens (tertiary/aromatic N) is 2. The lowest BCUT2D eigenvalue weighted by molar-refractivity contribution is -0.152. The summed E-state index contributed by atoms with van der Waals surface area (Å²) in [6, 6.07) is 5.56. The highest BCUT2D eigenvalue weighted by Crippen LogP contribution is 2.39. The smallest absolute Gasteiger partial charge is 0.328 e. The average molecular weight is 404 g/mol. The van der Waals surface area contributed by atoms with E-state index in [0.29, 0.717) is 37.2 Å². The first-order valence-corrected chi connectivity index (χ1v) is 9.73. The Labute approximate surface area is 170 Å². The molecule has 1 N–H and O–H groups in total. The third-order valence-electron chi connectivity index (χ3n) is 5.55. The van der Waals surface area contributed by atoms with Crippen molar-refractivity contribution in [2.75, 3.05) is 26.8 Å². The van der Waals surface area contributed by atoms with Gasteiger partial charge in [0.1, 0.15) is 11.5 Å². The van der Waals surface area contributed by atoms with Crippen molar-refractivity contribution in [3.05, 3.63) is 29.8 Å². The van der Waals surface area contributed by atoms with Crippen LogP contribution in [0.1, 0.15) is 44.0 Å². The maximum atomic E-state index is 13.3. The molecule has 2 saturated heterocycles. The number of carboxylic acids is 1. The highest BCUT2D eigenvalue weighted by molar-refractivity contribution is 5.97. The number of carbonyl (C=O) groups excluding carboxylic acids is 2. The molecule has 1 aromatic rings. The van der Waals surface area contributed by atoms with Gasteiger partial charge in [-0.05, 0) is 18.2 Å². The minimum Gasteiger partial charge on any atom is -0.497 e. The lowest BCUT2D eigenvalue weighted by Gasteiger charge is -2.45. The van der Waals surface area contributed by atoms with Crippen molar-refractivity contribution in [2.45, 2.75) is 45.4 Å². The van der Waals surface area contributed by atoms with Gasteiger partial charge in [-0.15, -0.1) is 0 Å². The summed E-state index contributed by atoms with van der Waals surface area (Å²) in [4.78, 5) is 40.9. The zero-order valence-corrected chi connectivity index (χ0v) is 17.3. The molecule has 2 heterocycles. The number of piperidine rings is 1. The summed E-state index contributed by atoms with van der Waals surface area (Å²) < 4.78 is 11.1. The van der Waals surface area contributed by atoms with Gasteiger partial charge in [0.05, 0.1) is 13.7 Å². The van der Waals surface area contributed by atoms with Crippen molar-refractivity contribution in [3.63, 3.8) is 0 Å². The summed E-state index contributed by atoms with van der Waals surface area (Å²) in [7, 11) is 1.51. The highest BCUT2D eigenvalue weighted by atomic mass is 16.5. The molecule has 2 amide bonds. The summed E-state index contributed by atoms with van der Waals surface area (Å²) in [5, 5.41) is 9.68. The number of methoxy groups -OCH3 is 1. The van der Waals surface area contributed by atoms with Crippen molar-refractivity contribution in [3.8, 4) is 5.75 Å². The zero-order valence-electron chi connectivity index (χ0n) is 17.3. The minimum absolute atomic E-state index is 0.0332. The normalized spacial score (nSPS) is 21.3. The Bertz CT molecular complexity index is 808. The molecule has 2 aliphatic heterocycles.